The molecule has 0 saturated carbocycles. The Balaban J connectivity index is 0. The molecule has 1 aliphatic heterocycles. The Labute approximate surface area is 117 Å². The highest BCUT2D eigenvalue weighted by atomic mass is 19.1. The number of nitrogens with one attached hydrogen (secondary N) is 1. The first-order valence-corrected chi connectivity index (χ1v) is 7.33. The minimum absolute atomic E-state index is 0.147. The normalized spacial score (nSPS) is 17.7. The van der Waals surface area contributed by atoms with Gasteiger partial charge in [0.15, 0.2) is 0 Å². The number of alkyl halides is 1. The summed E-state index contributed by atoms with van der Waals surface area (Å²) in [5, 5.41) is 3.06. The topological polar surface area (TPSA) is 38.3 Å². The Kier molecular flexibility index (Phi) is 13.4. The van der Waals surface area contributed by atoms with E-state index < -0.39 is 6.80 Å². The Bertz CT molecular complexity index is 217. The van der Waals surface area contributed by atoms with Gasteiger partial charge in [-0.1, -0.05) is 27.7 Å². The summed E-state index contributed by atoms with van der Waals surface area (Å²) in [5.74, 6) is -0.202. The van der Waals surface area contributed by atoms with Crippen molar-refractivity contribution in [3.8, 4) is 0 Å². The van der Waals surface area contributed by atoms with Crippen molar-refractivity contribution in [1.82, 2.24) is 5.32 Å². The van der Waals surface area contributed by atoms with Gasteiger partial charge >= 0.3 is 5.97 Å². The van der Waals surface area contributed by atoms with Gasteiger partial charge in [0, 0.05) is 0 Å². The molecule has 0 bridgehead atoms. The smallest absolute Gasteiger partial charge is 0.323 e. The molecule has 0 spiro atoms. The lowest BCUT2D eigenvalue weighted by molar-refractivity contribution is -0.902. The van der Waals surface area contributed by atoms with Crippen LogP contribution in [0.2, 0.25) is 0 Å². The fourth-order valence-electron chi connectivity index (χ4n) is 1.44. The maximum absolute atomic E-state index is 12.4. The molecule has 5 heteroatoms. The molecule has 4 nitrogen and oxygen atoms in total. The van der Waals surface area contributed by atoms with E-state index in [-0.39, 0.29) is 23.1 Å². The molecule has 1 atom stereocenters. The molecular formula is C14H32FN2O2+. The molecular weight excluding hydrogens is 247 g/mol. The van der Waals surface area contributed by atoms with Gasteiger partial charge in [-0.3, -0.25) is 9.28 Å². The van der Waals surface area contributed by atoms with Crippen LogP contribution in [0.5, 0.6) is 0 Å². The van der Waals surface area contributed by atoms with Crippen molar-refractivity contribution in [1.29, 1.82) is 0 Å². The summed E-state index contributed by atoms with van der Waals surface area (Å²) in [6.45, 7) is 9.23. The van der Waals surface area contributed by atoms with Crippen LogP contribution >= 0.6 is 0 Å². The molecule has 0 radical (unpaired) electrons. The number of carbonyl (C=O) groups is 1. The van der Waals surface area contributed by atoms with Gasteiger partial charge in [-0.15, -0.1) is 0 Å². The van der Waals surface area contributed by atoms with Crippen LogP contribution in [0.1, 0.15) is 40.5 Å². The second kappa shape index (κ2) is 12.4. The first-order valence-electron chi connectivity index (χ1n) is 7.33. The number of carbonyl (C=O) groups excluding carboxylic acids is 1. The number of rotatable bonds is 5. The number of esters is 1. The van der Waals surface area contributed by atoms with Crippen LogP contribution in [0, 0.1) is 0 Å². The average Bonchev–Trinajstić information content (AvgIpc) is 2.97. The molecule has 1 rings (SSSR count). The average molecular weight is 279 g/mol. The van der Waals surface area contributed by atoms with Crippen molar-refractivity contribution in [2.24, 2.45) is 0 Å². The number of halogens is 1. The monoisotopic (exact) mass is 279 g/mol. The summed E-state index contributed by atoms with van der Waals surface area (Å²) in [4.78, 5) is 11.4. The Morgan fingerprint density at radius 1 is 1.32 bits per heavy atom. The van der Waals surface area contributed by atoms with Crippen molar-refractivity contribution in [2.45, 2.75) is 46.6 Å². The second-order valence-corrected chi connectivity index (χ2v) is 4.60. The van der Waals surface area contributed by atoms with Crippen molar-refractivity contribution in [2.75, 3.05) is 40.6 Å². The molecule has 1 heterocycles. The zero-order valence-electron chi connectivity index (χ0n) is 13.5. The third-order valence-corrected chi connectivity index (χ3v) is 2.61. The molecule has 1 N–H and O–H groups in total. The molecule has 19 heavy (non-hydrogen) atoms. The van der Waals surface area contributed by atoms with E-state index in [1.54, 1.807) is 14.1 Å². The van der Waals surface area contributed by atoms with E-state index in [0.717, 1.165) is 19.4 Å². The van der Waals surface area contributed by atoms with Crippen LogP contribution in [0.3, 0.4) is 0 Å². The highest BCUT2D eigenvalue weighted by Crippen LogP contribution is 2.06. The fraction of sp³-hybridized carbons (Fsp3) is 0.929. The molecule has 0 aromatic rings. The number of quaternary nitrogens is 1. The van der Waals surface area contributed by atoms with Gasteiger partial charge in [0.05, 0.1) is 14.1 Å². The zero-order chi connectivity index (χ0) is 15.3. The lowest BCUT2D eigenvalue weighted by Gasteiger charge is -2.25. The highest BCUT2D eigenvalue weighted by Gasteiger charge is 2.24. The van der Waals surface area contributed by atoms with Crippen molar-refractivity contribution < 1.29 is 18.4 Å². The summed E-state index contributed by atoms with van der Waals surface area (Å²) in [6.07, 6.45) is 1.87. The van der Waals surface area contributed by atoms with Crippen molar-refractivity contribution in [3.05, 3.63) is 0 Å². The molecule has 1 unspecified atom stereocenters. The second-order valence-electron chi connectivity index (χ2n) is 4.60. The van der Waals surface area contributed by atoms with E-state index in [4.69, 9.17) is 4.74 Å². The number of likely N-dealkylation sites (N-methyl/N-ethyl adjacent to an activating group) is 1. The summed E-state index contributed by atoms with van der Waals surface area (Å²) in [5.41, 5.74) is 0. The van der Waals surface area contributed by atoms with Crippen LogP contribution in [-0.4, -0.2) is 57.1 Å². The van der Waals surface area contributed by atoms with E-state index in [9.17, 15) is 9.18 Å². The number of nitrogens with zero attached hydrogens (tertiary/aromatic N) is 1. The quantitative estimate of drug-likeness (QED) is 0.477. The van der Waals surface area contributed by atoms with Crippen LogP contribution in [0.15, 0.2) is 0 Å². The fourth-order valence-corrected chi connectivity index (χ4v) is 1.44. The predicted molar refractivity (Wildman–Crippen MR) is 77.6 cm³/mol. The standard InChI is InChI=1S/C10H20FN2O2.2C2H6/c1-13(2,8-11)6-7-15-10(14)9-4-3-5-12-9;2*1-2/h9,12H,3-8H2,1-2H3;2*1-2H3/q+1;;. The molecule has 0 amide bonds. The van der Waals surface area contributed by atoms with Crippen LogP contribution in [0.4, 0.5) is 4.39 Å². The first-order chi connectivity index (χ1) is 9.05. The molecule has 0 aromatic carbocycles. The number of ether oxygens (including phenoxy) is 1. The molecule has 1 aliphatic rings. The molecule has 116 valence electrons. The largest absolute Gasteiger partial charge is 0.459 e. The third-order valence-electron chi connectivity index (χ3n) is 2.61. The van der Waals surface area contributed by atoms with Crippen LogP contribution in [0.25, 0.3) is 0 Å². The Morgan fingerprint density at radius 3 is 2.32 bits per heavy atom. The summed E-state index contributed by atoms with van der Waals surface area (Å²) >= 11 is 0. The predicted octanol–water partition coefficient (Wildman–Crippen LogP) is 2.34. The van der Waals surface area contributed by atoms with Gasteiger partial charge in [0.1, 0.15) is 19.2 Å². The van der Waals surface area contributed by atoms with Gasteiger partial charge in [0.25, 0.3) is 0 Å². The zero-order valence-corrected chi connectivity index (χ0v) is 13.5. The van der Waals surface area contributed by atoms with Gasteiger partial charge in [-0.05, 0) is 19.4 Å². The molecule has 0 aliphatic carbocycles. The maximum atomic E-state index is 12.4. The summed E-state index contributed by atoms with van der Waals surface area (Å²) in [7, 11) is 3.53. The van der Waals surface area contributed by atoms with Gasteiger partial charge < -0.3 is 10.1 Å². The van der Waals surface area contributed by atoms with Crippen molar-refractivity contribution >= 4 is 5.97 Å². The van der Waals surface area contributed by atoms with Gasteiger partial charge in [-0.25, -0.2) is 0 Å². The lowest BCUT2D eigenvalue weighted by atomic mass is 10.2. The lowest BCUT2D eigenvalue weighted by Crippen LogP contribution is -2.42. The molecule has 0 aromatic heterocycles. The van der Waals surface area contributed by atoms with Crippen LogP contribution < -0.4 is 5.32 Å². The summed E-state index contributed by atoms with van der Waals surface area (Å²) in [6, 6.07) is -0.147. The Morgan fingerprint density at radius 2 is 1.89 bits per heavy atom. The van der Waals surface area contributed by atoms with E-state index >= 15 is 0 Å². The van der Waals surface area contributed by atoms with Crippen molar-refractivity contribution in [3.63, 3.8) is 0 Å². The first kappa shape index (κ1) is 20.6. The third kappa shape index (κ3) is 9.85. The molecule has 1 fully saturated rings. The van der Waals surface area contributed by atoms with Gasteiger partial charge in [0.2, 0.25) is 6.80 Å². The van der Waals surface area contributed by atoms with Crippen LogP contribution in [-0.2, 0) is 9.53 Å². The van der Waals surface area contributed by atoms with E-state index in [1.165, 1.54) is 0 Å². The van der Waals surface area contributed by atoms with E-state index in [1.807, 2.05) is 27.7 Å². The minimum Gasteiger partial charge on any atom is -0.459 e. The maximum Gasteiger partial charge on any atom is 0.323 e. The highest BCUT2D eigenvalue weighted by molar-refractivity contribution is 5.76. The summed E-state index contributed by atoms with van der Waals surface area (Å²) < 4.78 is 17.7. The minimum atomic E-state index is -0.445. The number of hydrogen-bond donors (Lipinski definition) is 1. The van der Waals surface area contributed by atoms with E-state index in [2.05, 4.69) is 5.32 Å². The molecule has 1 saturated heterocycles. The number of hydrogen-bond acceptors (Lipinski definition) is 3. The van der Waals surface area contributed by atoms with E-state index in [0.29, 0.717) is 6.54 Å². The Hall–Kier alpha value is -0.680. The SMILES string of the molecule is CC.CC.C[N+](C)(CF)CCOC(=O)C1CCCN1. The van der Waals surface area contributed by atoms with Gasteiger partial charge in [-0.2, -0.15) is 4.39 Å².